The number of aromatic nitrogens is 2. The molecule has 2 rings (SSSR count). The van der Waals surface area contributed by atoms with Gasteiger partial charge in [0.2, 0.25) is 0 Å². The monoisotopic (exact) mass is 334 g/mol. The largest absolute Gasteiger partial charge is 0.469 e. The number of nitrogens with two attached hydrogens (primary N) is 2. The standard InChI is InChI=1S/C11H19N4O6P/c1-5-7(15-4-14-8(10(15)12)11(13)17)2-6(9(5)16)3-21-22(18,19)20/h4-7,9,16H,2-3,12H2,1H3,(H2,13,17)(H2,18,19,20). The Morgan fingerprint density at radius 1 is 1.59 bits per heavy atom. The molecule has 0 aromatic carbocycles. The van der Waals surface area contributed by atoms with E-state index >= 15 is 0 Å². The van der Waals surface area contributed by atoms with Crippen molar-refractivity contribution in [3.8, 4) is 0 Å². The van der Waals surface area contributed by atoms with E-state index in [4.69, 9.17) is 21.3 Å². The van der Waals surface area contributed by atoms with Gasteiger partial charge in [0.25, 0.3) is 5.91 Å². The predicted molar refractivity (Wildman–Crippen MR) is 75.5 cm³/mol. The lowest BCUT2D eigenvalue weighted by Crippen LogP contribution is -2.24. The van der Waals surface area contributed by atoms with Gasteiger partial charge in [0.05, 0.1) is 19.0 Å². The Morgan fingerprint density at radius 2 is 2.23 bits per heavy atom. The summed E-state index contributed by atoms with van der Waals surface area (Å²) in [7, 11) is -4.59. The van der Waals surface area contributed by atoms with Crippen LogP contribution in [0.5, 0.6) is 0 Å². The van der Waals surface area contributed by atoms with Crippen molar-refractivity contribution >= 4 is 19.5 Å². The molecule has 7 N–H and O–H groups in total. The van der Waals surface area contributed by atoms with Crippen LogP contribution in [0.2, 0.25) is 0 Å². The van der Waals surface area contributed by atoms with Crippen LogP contribution in [0.1, 0.15) is 29.9 Å². The first-order valence-electron chi connectivity index (χ1n) is 6.62. The van der Waals surface area contributed by atoms with Crippen molar-refractivity contribution in [3.05, 3.63) is 12.0 Å². The Bertz CT molecular complexity index is 614. The van der Waals surface area contributed by atoms with Crippen molar-refractivity contribution in [2.75, 3.05) is 12.3 Å². The number of amides is 1. The van der Waals surface area contributed by atoms with Gasteiger partial charge in [0.15, 0.2) is 5.69 Å². The zero-order valence-electron chi connectivity index (χ0n) is 11.9. The molecule has 22 heavy (non-hydrogen) atoms. The van der Waals surface area contributed by atoms with E-state index in [1.54, 1.807) is 11.5 Å². The number of hydrogen-bond donors (Lipinski definition) is 5. The molecule has 0 saturated heterocycles. The molecule has 0 bridgehead atoms. The van der Waals surface area contributed by atoms with E-state index in [1.807, 2.05) is 0 Å². The molecule has 1 heterocycles. The maximum Gasteiger partial charge on any atom is 0.469 e. The number of carbonyl (C=O) groups is 1. The Morgan fingerprint density at radius 3 is 2.73 bits per heavy atom. The molecule has 1 aromatic rings. The molecule has 4 atom stereocenters. The summed E-state index contributed by atoms with van der Waals surface area (Å²) < 4.78 is 16.8. The average molecular weight is 334 g/mol. The number of phosphoric acid groups is 1. The smallest absolute Gasteiger partial charge is 0.392 e. The van der Waals surface area contributed by atoms with Gasteiger partial charge in [0.1, 0.15) is 5.82 Å². The number of nitrogen functional groups attached to an aromatic ring is 1. The van der Waals surface area contributed by atoms with Gasteiger partial charge in [-0.3, -0.25) is 9.32 Å². The quantitative estimate of drug-likeness (QED) is 0.436. The summed E-state index contributed by atoms with van der Waals surface area (Å²) in [5.41, 5.74) is 11.0. The molecular formula is C11H19N4O6P. The summed E-state index contributed by atoms with van der Waals surface area (Å²) in [6.07, 6.45) is 0.923. The van der Waals surface area contributed by atoms with Crippen LogP contribution in [-0.4, -0.2) is 43.1 Å². The molecule has 1 aromatic heterocycles. The molecule has 1 saturated carbocycles. The molecule has 124 valence electrons. The van der Waals surface area contributed by atoms with Crippen LogP contribution < -0.4 is 11.5 Å². The number of aliphatic hydroxyl groups excluding tert-OH is 1. The molecule has 1 aliphatic carbocycles. The summed E-state index contributed by atoms with van der Waals surface area (Å²) in [6, 6.07) is -0.277. The molecule has 1 fully saturated rings. The van der Waals surface area contributed by atoms with Crippen LogP contribution in [0.15, 0.2) is 6.33 Å². The molecule has 0 spiro atoms. The number of anilines is 1. The summed E-state index contributed by atoms with van der Waals surface area (Å²) in [5.74, 6) is -1.37. The minimum atomic E-state index is -4.59. The van der Waals surface area contributed by atoms with Crippen molar-refractivity contribution in [2.45, 2.75) is 25.5 Å². The lowest BCUT2D eigenvalue weighted by Gasteiger charge is -2.20. The number of rotatable bonds is 5. The van der Waals surface area contributed by atoms with Crippen LogP contribution >= 0.6 is 7.82 Å². The molecule has 10 nitrogen and oxygen atoms in total. The average Bonchev–Trinajstić information content (AvgIpc) is 2.90. The Labute approximate surface area is 126 Å². The van der Waals surface area contributed by atoms with E-state index in [0.717, 1.165) is 0 Å². The van der Waals surface area contributed by atoms with E-state index in [0.29, 0.717) is 6.42 Å². The van der Waals surface area contributed by atoms with Crippen molar-refractivity contribution in [1.82, 2.24) is 9.55 Å². The SMILES string of the molecule is CC1C(O)C(COP(=O)(O)O)CC1n1cnc(C(N)=O)c1N. The Kier molecular flexibility index (Phi) is 4.59. The fraction of sp³-hybridized carbons (Fsp3) is 0.636. The number of carbonyl (C=O) groups excluding carboxylic acids is 1. The number of nitrogens with zero attached hydrogens (tertiary/aromatic N) is 2. The highest BCUT2D eigenvalue weighted by Gasteiger charge is 2.42. The van der Waals surface area contributed by atoms with Gasteiger partial charge >= 0.3 is 7.82 Å². The van der Waals surface area contributed by atoms with Crippen LogP contribution in [0.3, 0.4) is 0 Å². The highest BCUT2D eigenvalue weighted by Crippen LogP contribution is 2.44. The first-order chi connectivity index (χ1) is 10.1. The normalized spacial score (nSPS) is 28.9. The molecular weight excluding hydrogens is 315 g/mol. The number of hydrogen-bond acceptors (Lipinski definition) is 6. The third-order valence-electron chi connectivity index (χ3n) is 4.05. The van der Waals surface area contributed by atoms with Crippen molar-refractivity contribution in [2.24, 2.45) is 17.6 Å². The molecule has 0 radical (unpaired) electrons. The van der Waals surface area contributed by atoms with E-state index in [1.165, 1.54) is 6.33 Å². The fourth-order valence-electron chi connectivity index (χ4n) is 2.87. The van der Waals surface area contributed by atoms with Gasteiger partial charge in [-0.05, 0) is 6.42 Å². The first kappa shape index (κ1) is 16.9. The number of imidazole rings is 1. The fourth-order valence-corrected chi connectivity index (χ4v) is 3.26. The first-order valence-corrected chi connectivity index (χ1v) is 8.15. The lowest BCUT2D eigenvalue weighted by atomic mass is 10.0. The summed E-state index contributed by atoms with van der Waals surface area (Å²) >= 11 is 0. The van der Waals surface area contributed by atoms with Crippen molar-refractivity contribution < 1.29 is 28.8 Å². The minimum Gasteiger partial charge on any atom is -0.392 e. The van der Waals surface area contributed by atoms with E-state index in [9.17, 15) is 14.5 Å². The van der Waals surface area contributed by atoms with Crippen molar-refractivity contribution in [3.63, 3.8) is 0 Å². The topological polar surface area (TPSA) is 174 Å². The Hall–Kier alpha value is -1.45. The van der Waals surface area contributed by atoms with Gasteiger partial charge in [0, 0.05) is 17.9 Å². The van der Waals surface area contributed by atoms with Crippen molar-refractivity contribution in [1.29, 1.82) is 0 Å². The van der Waals surface area contributed by atoms with Gasteiger partial charge in [-0.1, -0.05) is 6.92 Å². The van der Waals surface area contributed by atoms with Crippen LogP contribution in [0, 0.1) is 11.8 Å². The Balaban J connectivity index is 2.16. The predicted octanol–water partition coefficient (Wildman–Crippen LogP) is -0.769. The zero-order chi connectivity index (χ0) is 16.7. The second-order valence-electron chi connectivity index (χ2n) is 5.45. The number of primary amides is 1. The van der Waals surface area contributed by atoms with E-state index in [2.05, 4.69) is 9.51 Å². The second-order valence-corrected chi connectivity index (χ2v) is 6.69. The van der Waals surface area contributed by atoms with E-state index < -0.39 is 25.8 Å². The molecule has 1 amide bonds. The van der Waals surface area contributed by atoms with Crippen LogP contribution in [-0.2, 0) is 9.09 Å². The maximum absolute atomic E-state index is 11.2. The second kappa shape index (κ2) is 5.98. The van der Waals surface area contributed by atoms with Gasteiger partial charge in [-0.2, -0.15) is 0 Å². The van der Waals surface area contributed by atoms with Gasteiger partial charge < -0.3 is 30.9 Å². The van der Waals surface area contributed by atoms with Gasteiger partial charge in [-0.25, -0.2) is 9.55 Å². The minimum absolute atomic E-state index is 0.0448. The number of aliphatic hydroxyl groups is 1. The lowest BCUT2D eigenvalue weighted by molar-refractivity contribution is 0.0604. The van der Waals surface area contributed by atoms with Crippen LogP contribution in [0.4, 0.5) is 5.82 Å². The van der Waals surface area contributed by atoms with E-state index in [-0.39, 0.29) is 30.1 Å². The summed E-state index contributed by atoms with van der Waals surface area (Å²) in [4.78, 5) is 32.5. The molecule has 4 unspecified atom stereocenters. The highest BCUT2D eigenvalue weighted by atomic mass is 31.2. The third-order valence-corrected chi connectivity index (χ3v) is 4.54. The van der Waals surface area contributed by atoms with Gasteiger partial charge in [-0.15, -0.1) is 0 Å². The molecule has 1 aliphatic rings. The molecule has 0 aliphatic heterocycles. The number of phosphoric ester groups is 1. The van der Waals surface area contributed by atoms with Crippen LogP contribution in [0.25, 0.3) is 0 Å². The summed E-state index contributed by atoms with van der Waals surface area (Å²) in [5, 5.41) is 10.2. The molecule has 11 heteroatoms. The highest BCUT2D eigenvalue weighted by molar-refractivity contribution is 7.46. The third kappa shape index (κ3) is 3.31. The maximum atomic E-state index is 11.2. The zero-order valence-corrected chi connectivity index (χ0v) is 12.8. The summed E-state index contributed by atoms with van der Waals surface area (Å²) in [6.45, 7) is 1.50.